The summed E-state index contributed by atoms with van der Waals surface area (Å²) in [7, 11) is 0. The van der Waals surface area contributed by atoms with Crippen LogP contribution < -0.4 is 0 Å². The highest BCUT2D eigenvalue weighted by Gasteiger charge is 2.34. The van der Waals surface area contributed by atoms with Gasteiger partial charge in [0.1, 0.15) is 0 Å². The van der Waals surface area contributed by atoms with E-state index < -0.39 is 0 Å². The van der Waals surface area contributed by atoms with E-state index >= 15 is 0 Å². The highest BCUT2D eigenvalue weighted by Crippen LogP contribution is 2.39. The molecule has 0 unspecified atom stereocenters. The Morgan fingerprint density at radius 3 is 2.47 bits per heavy atom. The van der Waals surface area contributed by atoms with Gasteiger partial charge in [-0.1, -0.05) is 41.6 Å². The van der Waals surface area contributed by atoms with Crippen molar-refractivity contribution in [2.75, 3.05) is 18.4 Å². The van der Waals surface area contributed by atoms with Crippen LogP contribution in [0.25, 0.3) is 0 Å². The Bertz CT molecular complexity index is 261. The van der Waals surface area contributed by atoms with Crippen LogP contribution in [0.3, 0.4) is 0 Å². The van der Waals surface area contributed by atoms with E-state index in [9.17, 15) is 4.79 Å². The molecule has 2 nitrogen and oxygen atoms in total. The van der Waals surface area contributed by atoms with Gasteiger partial charge in [-0.05, 0) is 31.1 Å². The second kappa shape index (κ2) is 6.21. The van der Waals surface area contributed by atoms with E-state index in [1.165, 1.54) is 44.9 Å². The molecule has 0 bridgehead atoms. The van der Waals surface area contributed by atoms with Crippen LogP contribution in [0.1, 0.15) is 57.8 Å². The predicted octanol–water partition coefficient (Wildman–Crippen LogP) is 3.73. The average Bonchev–Trinajstić information content (AvgIpc) is 2.56. The van der Waals surface area contributed by atoms with Crippen molar-refractivity contribution in [1.82, 2.24) is 4.90 Å². The molecule has 98 valence electrons. The van der Waals surface area contributed by atoms with Crippen molar-refractivity contribution in [3.05, 3.63) is 0 Å². The molecule has 0 aromatic heterocycles. The topological polar surface area (TPSA) is 20.3 Å². The lowest BCUT2D eigenvalue weighted by molar-refractivity contribution is -0.132. The van der Waals surface area contributed by atoms with E-state index in [-0.39, 0.29) is 0 Å². The average molecular weight is 302 g/mol. The highest BCUT2D eigenvalue weighted by atomic mass is 79.9. The maximum atomic E-state index is 12.1. The van der Waals surface area contributed by atoms with Gasteiger partial charge in [-0.25, -0.2) is 0 Å². The molecule has 1 aliphatic carbocycles. The maximum absolute atomic E-state index is 12.1. The van der Waals surface area contributed by atoms with E-state index in [1.54, 1.807) is 0 Å². The zero-order chi connectivity index (χ0) is 12.1. The number of halogens is 1. The zero-order valence-corrected chi connectivity index (χ0v) is 12.3. The van der Waals surface area contributed by atoms with E-state index in [4.69, 9.17) is 0 Å². The summed E-state index contributed by atoms with van der Waals surface area (Å²) in [5.41, 5.74) is 0.373. The van der Waals surface area contributed by atoms with E-state index in [2.05, 4.69) is 20.8 Å². The molecule has 17 heavy (non-hydrogen) atoms. The third-order valence-electron chi connectivity index (χ3n) is 4.40. The molecule has 0 atom stereocenters. The summed E-state index contributed by atoms with van der Waals surface area (Å²) in [4.78, 5) is 14.2. The number of likely N-dealkylation sites (tertiary alicyclic amines) is 1. The molecule has 0 aromatic carbocycles. The first-order valence-corrected chi connectivity index (χ1v) is 8.22. The van der Waals surface area contributed by atoms with Crippen LogP contribution >= 0.6 is 15.9 Å². The van der Waals surface area contributed by atoms with Gasteiger partial charge in [0.2, 0.25) is 5.91 Å². The minimum Gasteiger partial charge on any atom is -0.342 e. The van der Waals surface area contributed by atoms with Crippen molar-refractivity contribution in [2.45, 2.75) is 57.8 Å². The Balaban J connectivity index is 1.98. The van der Waals surface area contributed by atoms with Crippen molar-refractivity contribution in [2.24, 2.45) is 5.41 Å². The molecule has 0 N–H and O–H groups in total. The molecule has 1 saturated heterocycles. The molecule has 0 radical (unpaired) electrons. The summed E-state index contributed by atoms with van der Waals surface area (Å²) in [5.74, 6) is 0.397. The first-order chi connectivity index (χ1) is 8.26. The van der Waals surface area contributed by atoms with Crippen LogP contribution in [-0.4, -0.2) is 29.2 Å². The lowest BCUT2D eigenvalue weighted by Crippen LogP contribution is -2.43. The fraction of sp³-hybridized carbons (Fsp3) is 0.929. The fourth-order valence-corrected chi connectivity index (χ4v) is 3.98. The monoisotopic (exact) mass is 301 g/mol. The Hall–Kier alpha value is -0.0500. The van der Waals surface area contributed by atoms with Crippen LogP contribution in [0.5, 0.6) is 0 Å². The van der Waals surface area contributed by atoms with Gasteiger partial charge in [0.05, 0.1) is 0 Å². The molecule has 1 aliphatic heterocycles. The molecule has 3 heteroatoms. The predicted molar refractivity (Wildman–Crippen MR) is 74.4 cm³/mol. The maximum Gasteiger partial charge on any atom is 0.222 e. The van der Waals surface area contributed by atoms with Crippen LogP contribution in [0.4, 0.5) is 0 Å². The second-order valence-electron chi connectivity index (χ2n) is 5.82. The van der Waals surface area contributed by atoms with Crippen molar-refractivity contribution < 1.29 is 4.79 Å². The molecular formula is C14H24BrNO. The molecule has 1 amide bonds. The summed E-state index contributed by atoms with van der Waals surface area (Å²) in [6, 6.07) is 0. The summed E-state index contributed by atoms with van der Waals surface area (Å²) in [6.07, 6.45) is 10.9. The first-order valence-electron chi connectivity index (χ1n) is 7.10. The third-order valence-corrected chi connectivity index (χ3v) is 5.58. The fourth-order valence-electron chi connectivity index (χ4n) is 3.25. The number of carbonyl (C=O) groups is 1. The number of amides is 1. The van der Waals surface area contributed by atoms with Gasteiger partial charge in [-0.3, -0.25) is 4.79 Å². The van der Waals surface area contributed by atoms with Gasteiger partial charge in [0, 0.05) is 24.8 Å². The smallest absolute Gasteiger partial charge is 0.222 e. The number of alkyl halides is 1. The summed E-state index contributed by atoms with van der Waals surface area (Å²) in [6.45, 7) is 1.99. The Morgan fingerprint density at radius 2 is 1.76 bits per heavy atom. The van der Waals surface area contributed by atoms with Crippen molar-refractivity contribution in [1.29, 1.82) is 0 Å². The normalized spacial score (nSPS) is 25.7. The quantitative estimate of drug-likeness (QED) is 0.727. The molecule has 1 saturated carbocycles. The molecular weight excluding hydrogens is 278 g/mol. The SMILES string of the molecule is O=C1CCCCCN1CC1(CBr)CCCCC1. The highest BCUT2D eigenvalue weighted by molar-refractivity contribution is 9.09. The second-order valence-corrected chi connectivity index (χ2v) is 6.38. The molecule has 2 rings (SSSR count). The van der Waals surface area contributed by atoms with Crippen LogP contribution in [0, 0.1) is 5.41 Å². The molecule has 1 heterocycles. The van der Waals surface area contributed by atoms with Crippen LogP contribution in [0.15, 0.2) is 0 Å². The Kier molecular flexibility index (Phi) is 4.89. The first kappa shape index (κ1) is 13.4. The van der Waals surface area contributed by atoms with Crippen molar-refractivity contribution in [3.8, 4) is 0 Å². The third kappa shape index (κ3) is 3.46. The summed E-state index contributed by atoms with van der Waals surface area (Å²) in [5, 5.41) is 1.06. The summed E-state index contributed by atoms with van der Waals surface area (Å²) < 4.78 is 0. The van der Waals surface area contributed by atoms with E-state index in [0.29, 0.717) is 11.3 Å². The van der Waals surface area contributed by atoms with Gasteiger partial charge in [0.15, 0.2) is 0 Å². The number of hydrogen-bond acceptors (Lipinski definition) is 1. The molecule has 0 aromatic rings. The minimum absolute atomic E-state index is 0.373. The van der Waals surface area contributed by atoms with Crippen LogP contribution in [-0.2, 0) is 4.79 Å². The number of nitrogens with zero attached hydrogens (tertiary/aromatic N) is 1. The van der Waals surface area contributed by atoms with E-state index in [1.807, 2.05) is 0 Å². The van der Waals surface area contributed by atoms with Gasteiger partial charge in [0.25, 0.3) is 0 Å². The van der Waals surface area contributed by atoms with Crippen LogP contribution in [0.2, 0.25) is 0 Å². The lowest BCUT2D eigenvalue weighted by atomic mass is 9.75. The van der Waals surface area contributed by atoms with Crippen molar-refractivity contribution in [3.63, 3.8) is 0 Å². The molecule has 2 fully saturated rings. The Labute approximate surface area is 113 Å². The van der Waals surface area contributed by atoms with Crippen molar-refractivity contribution >= 4 is 21.8 Å². The zero-order valence-electron chi connectivity index (χ0n) is 10.7. The van der Waals surface area contributed by atoms with Gasteiger partial charge in [-0.2, -0.15) is 0 Å². The number of rotatable bonds is 3. The van der Waals surface area contributed by atoms with E-state index in [0.717, 1.165) is 31.3 Å². The molecule has 0 spiro atoms. The van der Waals surface area contributed by atoms with Gasteiger partial charge in [-0.15, -0.1) is 0 Å². The minimum atomic E-state index is 0.373. The molecule has 2 aliphatic rings. The Morgan fingerprint density at radius 1 is 1.06 bits per heavy atom. The number of hydrogen-bond donors (Lipinski definition) is 0. The van der Waals surface area contributed by atoms with Gasteiger partial charge < -0.3 is 4.90 Å². The van der Waals surface area contributed by atoms with Gasteiger partial charge >= 0.3 is 0 Å². The largest absolute Gasteiger partial charge is 0.342 e. The number of carbonyl (C=O) groups excluding carboxylic acids is 1. The lowest BCUT2D eigenvalue weighted by Gasteiger charge is -2.39. The standard InChI is InChI=1S/C14H24BrNO/c15-11-14(8-4-2-5-9-14)12-16-10-6-1-3-7-13(16)17/h1-12H2. The summed E-state index contributed by atoms with van der Waals surface area (Å²) >= 11 is 3.70.